The summed E-state index contributed by atoms with van der Waals surface area (Å²) in [7, 11) is 1.70. The Bertz CT molecular complexity index is 375. The van der Waals surface area contributed by atoms with E-state index >= 15 is 0 Å². The van der Waals surface area contributed by atoms with Crippen molar-refractivity contribution in [2.75, 3.05) is 19.0 Å². The lowest BCUT2D eigenvalue weighted by molar-refractivity contribution is 0.414. The first-order valence-electron chi connectivity index (χ1n) is 6.11. The Morgan fingerprint density at radius 1 is 1.29 bits per heavy atom. The van der Waals surface area contributed by atoms with Gasteiger partial charge in [-0.05, 0) is 37.0 Å². The average molecular weight is 236 g/mol. The number of anilines is 1. The van der Waals surface area contributed by atoms with Crippen molar-refractivity contribution in [3.05, 3.63) is 23.3 Å². The number of benzene rings is 1. The molecule has 0 spiro atoms. The monoisotopic (exact) mass is 236 g/mol. The molecule has 1 aromatic carbocycles. The van der Waals surface area contributed by atoms with Gasteiger partial charge in [-0.3, -0.25) is 0 Å². The van der Waals surface area contributed by atoms with E-state index in [2.05, 4.69) is 39.1 Å². The van der Waals surface area contributed by atoms with E-state index in [4.69, 9.17) is 10.5 Å². The molecule has 0 radical (unpaired) electrons. The van der Waals surface area contributed by atoms with Crippen LogP contribution in [0.4, 0.5) is 5.69 Å². The van der Waals surface area contributed by atoms with Gasteiger partial charge in [0.25, 0.3) is 0 Å². The van der Waals surface area contributed by atoms with Gasteiger partial charge in [-0.2, -0.15) is 0 Å². The SMILES string of the molecule is COc1cc(C)cc(C)c1NC(CN)C(C)C. The molecule has 0 aromatic heterocycles. The number of nitrogens with two attached hydrogens (primary N) is 1. The molecule has 3 N–H and O–H groups in total. The molecule has 0 aliphatic heterocycles. The second kappa shape index (κ2) is 5.92. The maximum Gasteiger partial charge on any atom is 0.142 e. The summed E-state index contributed by atoms with van der Waals surface area (Å²) in [6.07, 6.45) is 0. The molecule has 0 fully saturated rings. The van der Waals surface area contributed by atoms with Crippen molar-refractivity contribution in [3.8, 4) is 5.75 Å². The summed E-state index contributed by atoms with van der Waals surface area (Å²) in [5.41, 5.74) is 9.25. The lowest BCUT2D eigenvalue weighted by Gasteiger charge is -2.24. The summed E-state index contributed by atoms with van der Waals surface area (Å²) in [6.45, 7) is 9.11. The lowest BCUT2D eigenvalue weighted by atomic mass is 10.0. The molecule has 0 aliphatic rings. The van der Waals surface area contributed by atoms with Crippen molar-refractivity contribution in [2.24, 2.45) is 11.7 Å². The Morgan fingerprint density at radius 2 is 1.94 bits per heavy atom. The van der Waals surface area contributed by atoms with Crippen LogP contribution in [-0.2, 0) is 0 Å². The number of hydrogen-bond acceptors (Lipinski definition) is 3. The number of hydrogen-bond donors (Lipinski definition) is 2. The molecular formula is C14H24N2O. The fourth-order valence-electron chi connectivity index (χ4n) is 1.96. The Labute approximate surface area is 104 Å². The van der Waals surface area contributed by atoms with Crippen molar-refractivity contribution >= 4 is 5.69 Å². The summed E-state index contributed by atoms with van der Waals surface area (Å²) in [5, 5.41) is 3.49. The van der Waals surface area contributed by atoms with E-state index in [0.717, 1.165) is 11.4 Å². The number of ether oxygens (including phenoxy) is 1. The van der Waals surface area contributed by atoms with Gasteiger partial charge in [-0.1, -0.05) is 19.9 Å². The highest BCUT2D eigenvalue weighted by Gasteiger charge is 2.15. The fraction of sp³-hybridized carbons (Fsp3) is 0.571. The van der Waals surface area contributed by atoms with Gasteiger partial charge >= 0.3 is 0 Å². The van der Waals surface area contributed by atoms with E-state index < -0.39 is 0 Å². The Kier molecular flexibility index (Phi) is 4.82. The molecule has 1 rings (SSSR count). The Balaban J connectivity index is 3.04. The van der Waals surface area contributed by atoms with Gasteiger partial charge in [0.15, 0.2) is 0 Å². The zero-order valence-corrected chi connectivity index (χ0v) is 11.5. The van der Waals surface area contributed by atoms with Crippen LogP contribution in [0.5, 0.6) is 5.75 Å². The number of nitrogens with one attached hydrogen (secondary N) is 1. The molecule has 0 saturated heterocycles. The molecule has 1 atom stereocenters. The molecule has 1 unspecified atom stereocenters. The molecule has 3 nitrogen and oxygen atoms in total. The van der Waals surface area contributed by atoms with E-state index in [1.807, 2.05) is 6.07 Å². The van der Waals surface area contributed by atoms with Crippen LogP contribution in [0.25, 0.3) is 0 Å². The third-order valence-electron chi connectivity index (χ3n) is 3.05. The molecule has 0 aliphatic carbocycles. The zero-order chi connectivity index (χ0) is 13.0. The lowest BCUT2D eigenvalue weighted by Crippen LogP contribution is -2.34. The van der Waals surface area contributed by atoms with Gasteiger partial charge in [-0.25, -0.2) is 0 Å². The number of rotatable bonds is 5. The summed E-state index contributed by atoms with van der Waals surface area (Å²) >= 11 is 0. The van der Waals surface area contributed by atoms with E-state index in [0.29, 0.717) is 12.5 Å². The van der Waals surface area contributed by atoms with Crippen molar-refractivity contribution in [1.29, 1.82) is 0 Å². The highest BCUT2D eigenvalue weighted by molar-refractivity contribution is 5.63. The third kappa shape index (κ3) is 3.37. The van der Waals surface area contributed by atoms with Gasteiger partial charge < -0.3 is 15.8 Å². The predicted octanol–water partition coefficient (Wildman–Crippen LogP) is 2.71. The molecule has 1 aromatic rings. The second-order valence-electron chi connectivity index (χ2n) is 4.89. The topological polar surface area (TPSA) is 47.3 Å². The third-order valence-corrected chi connectivity index (χ3v) is 3.05. The largest absolute Gasteiger partial charge is 0.495 e. The van der Waals surface area contributed by atoms with Crippen LogP contribution < -0.4 is 15.8 Å². The summed E-state index contributed by atoms with van der Waals surface area (Å²) in [5.74, 6) is 1.38. The molecule has 0 saturated carbocycles. The predicted molar refractivity (Wildman–Crippen MR) is 73.8 cm³/mol. The quantitative estimate of drug-likeness (QED) is 0.826. The highest BCUT2D eigenvalue weighted by Crippen LogP contribution is 2.30. The summed E-state index contributed by atoms with van der Waals surface area (Å²) in [6, 6.07) is 4.47. The highest BCUT2D eigenvalue weighted by atomic mass is 16.5. The number of aryl methyl sites for hydroxylation is 2. The molecule has 3 heteroatoms. The van der Waals surface area contributed by atoms with Crippen molar-refractivity contribution in [3.63, 3.8) is 0 Å². The Morgan fingerprint density at radius 3 is 2.41 bits per heavy atom. The maximum atomic E-state index is 5.79. The van der Waals surface area contributed by atoms with Crippen LogP contribution in [0.1, 0.15) is 25.0 Å². The van der Waals surface area contributed by atoms with E-state index in [-0.39, 0.29) is 6.04 Å². The van der Waals surface area contributed by atoms with Crippen LogP contribution in [-0.4, -0.2) is 19.7 Å². The van der Waals surface area contributed by atoms with Gasteiger partial charge in [0.1, 0.15) is 5.75 Å². The van der Waals surface area contributed by atoms with Gasteiger partial charge in [-0.15, -0.1) is 0 Å². The minimum Gasteiger partial charge on any atom is -0.495 e. The van der Waals surface area contributed by atoms with Crippen LogP contribution in [0.15, 0.2) is 12.1 Å². The minimum absolute atomic E-state index is 0.269. The van der Waals surface area contributed by atoms with Crippen LogP contribution in [0, 0.1) is 19.8 Å². The fourth-order valence-corrected chi connectivity index (χ4v) is 1.96. The van der Waals surface area contributed by atoms with Crippen molar-refractivity contribution in [2.45, 2.75) is 33.7 Å². The second-order valence-corrected chi connectivity index (χ2v) is 4.89. The minimum atomic E-state index is 0.269. The van der Waals surface area contributed by atoms with Crippen LogP contribution >= 0.6 is 0 Å². The van der Waals surface area contributed by atoms with Crippen LogP contribution in [0.2, 0.25) is 0 Å². The van der Waals surface area contributed by atoms with E-state index in [1.165, 1.54) is 11.1 Å². The standard InChI is InChI=1S/C14H24N2O/c1-9(2)12(8-15)16-14-11(4)6-10(3)7-13(14)17-5/h6-7,9,12,16H,8,15H2,1-5H3. The molecule has 0 heterocycles. The smallest absolute Gasteiger partial charge is 0.142 e. The van der Waals surface area contributed by atoms with E-state index in [1.54, 1.807) is 7.11 Å². The first kappa shape index (κ1) is 13.8. The number of methoxy groups -OCH3 is 1. The summed E-state index contributed by atoms with van der Waals surface area (Å²) in [4.78, 5) is 0. The average Bonchev–Trinajstić information content (AvgIpc) is 2.26. The van der Waals surface area contributed by atoms with Crippen molar-refractivity contribution < 1.29 is 4.74 Å². The van der Waals surface area contributed by atoms with E-state index in [9.17, 15) is 0 Å². The molecule has 0 amide bonds. The molecule has 17 heavy (non-hydrogen) atoms. The van der Waals surface area contributed by atoms with Gasteiger partial charge in [0.2, 0.25) is 0 Å². The maximum absolute atomic E-state index is 5.79. The molecule has 96 valence electrons. The van der Waals surface area contributed by atoms with Gasteiger partial charge in [0.05, 0.1) is 12.8 Å². The Hall–Kier alpha value is -1.22. The summed E-state index contributed by atoms with van der Waals surface area (Å²) < 4.78 is 5.43. The first-order chi connectivity index (χ1) is 7.99. The van der Waals surface area contributed by atoms with Gasteiger partial charge in [0, 0.05) is 12.6 Å². The van der Waals surface area contributed by atoms with Crippen LogP contribution in [0.3, 0.4) is 0 Å². The van der Waals surface area contributed by atoms with Crippen molar-refractivity contribution in [1.82, 2.24) is 0 Å². The molecular weight excluding hydrogens is 212 g/mol. The first-order valence-corrected chi connectivity index (χ1v) is 6.11. The molecule has 0 bridgehead atoms. The normalized spacial score (nSPS) is 12.6. The zero-order valence-electron chi connectivity index (χ0n) is 11.5.